The van der Waals surface area contributed by atoms with E-state index in [1.54, 1.807) is 0 Å². The van der Waals surface area contributed by atoms with E-state index in [1.807, 2.05) is 12.1 Å². The number of hydrogen-bond donors (Lipinski definition) is 1. The summed E-state index contributed by atoms with van der Waals surface area (Å²) in [4.78, 5) is 12.1. The molecule has 1 aromatic heterocycles. The lowest BCUT2D eigenvalue weighted by Gasteiger charge is -2.35. The van der Waals surface area contributed by atoms with Crippen molar-refractivity contribution in [3.05, 3.63) is 52.6 Å². The number of aryl methyl sites for hydroxylation is 1. The first kappa shape index (κ1) is 18.0. The molecule has 0 unspecified atom stereocenters. The summed E-state index contributed by atoms with van der Waals surface area (Å²) in [6, 6.07) is 6.82. The minimum atomic E-state index is -0.186. The van der Waals surface area contributed by atoms with Gasteiger partial charge >= 0.3 is 0 Å². The molecule has 5 nitrogen and oxygen atoms in total. The molecule has 0 bridgehead atoms. The fraction of sp³-hybridized carbons (Fsp3) is 0.545. The lowest BCUT2D eigenvalue weighted by Crippen LogP contribution is -2.41. The maximum Gasteiger partial charge on any atom is 0.223 e. The zero-order valence-corrected chi connectivity index (χ0v) is 16.4. The molecule has 1 aliphatic carbocycles. The van der Waals surface area contributed by atoms with E-state index >= 15 is 0 Å². The summed E-state index contributed by atoms with van der Waals surface area (Å²) < 4.78 is 19.2. The van der Waals surface area contributed by atoms with Crippen molar-refractivity contribution in [2.75, 3.05) is 31.6 Å². The Morgan fingerprint density at radius 1 is 1.25 bits per heavy atom. The summed E-state index contributed by atoms with van der Waals surface area (Å²) >= 11 is 0. The zero-order valence-electron chi connectivity index (χ0n) is 16.4. The van der Waals surface area contributed by atoms with Crippen LogP contribution in [0.4, 0.5) is 10.3 Å². The second kappa shape index (κ2) is 7.08. The number of likely N-dealkylation sites (tertiary alicyclic amines) is 1. The van der Waals surface area contributed by atoms with Crippen LogP contribution in [0.15, 0.2) is 24.3 Å². The second-order valence-electron chi connectivity index (χ2n) is 8.64. The number of nitrogens with zero attached hydrogens (tertiary/aromatic N) is 3. The summed E-state index contributed by atoms with van der Waals surface area (Å²) in [5.74, 6) is 1.37. The number of ether oxygens (including phenoxy) is 1. The van der Waals surface area contributed by atoms with E-state index < -0.39 is 0 Å². The molecule has 0 radical (unpaired) electrons. The Hall–Kier alpha value is -2.05. The third kappa shape index (κ3) is 3.51. The van der Waals surface area contributed by atoms with Gasteiger partial charge in [-0.1, -0.05) is 12.1 Å². The number of fused-ring (bicyclic) bond motifs is 2. The Morgan fingerprint density at radius 3 is 2.86 bits per heavy atom. The highest BCUT2D eigenvalue weighted by atomic mass is 19.1. The van der Waals surface area contributed by atoms with E-state index in [1.165, 1.54) is 30.7 Å². The quantitative estimate of drug-likeness (QED) is 0.859. The summed E-state index contributed by atoms with van der Waals surface area (Å²) in [6.07, 6.45) is 3.65. The van der Waals surface area contributed by atoms with Crippen molar-refractivity contribution in [3.8, 4) is 0 Å². The van der Waals surface area contributed by atoms with Gasteiger partial charge in [0.05, 0.1) is 24.3 Å². The highest BCUT2D eigenvalue weighted by molar-refractivity contribution is 5.40. The summed E-state index contributed by atoms with van der Waals surface area (Å²) in [5.41, 5.74) is 4.43. The fourth-order valence-electron chi connectivity index (χ4n) is 4.51. The number of nitrogens with one attached hydrogen (secondary N) is 1. The predicted octanol–water partition coefficient (Wildman–Crippen LogP) is 3.42. The van der Waals surface area contributed by atoms with Gasteiger partial charge in [-0.15, -0.1) is 0 Å². The molecular formula is C22H27FN4O. The average molecular weight is 382 g/mol. The van der Waals surface area contributed by atoms with Gasteiger partial charge in [-0.05, 0) is 56.3 Å². The fourth-order valence-corrected chi connectivity index (χ4v) is 4.51. The summed E-state index contributed by atoms with van der Waals surface area (Å²) in [6.45, 7) is 7.08. The van der Waals surface area contributed by atoms with Crippen LogP contribution in [0.1, 0.15) is 41.8 Å². The van der Waals surface area contributed by atoms with Gasteiger partial charge in [0.1, 0.15) is 5.82 Å². The maximum absolute atomic E-state index is 13.2. The lowest BCUT2D eigenvalue weighted by molar-refractivity contribution is 0.0498. The number of hydrogen-bond acceptors (Lipinski definition) is 5. The highest BCUT2D eigenvalue weighted by Crippen LogP contribution is 2.40. The molecule has 1 saturated carbocycles. The molecule has 0 amide bonds. The molecule has 1 aromatic carbocycles. The maximum atomic E-state index is 13.2. The number of rotatable bonds is 5. The van der Waals surface area contributed by atoms with Crippen LogP contribution < -0.4 is 5.32 Å². The third-order valence-corrected chi connectivity index (χ3v) is 6.34. The Labute approximate surface area is 165 Å². The molecule has 1 N–H and O–H groups in total. The molecule has 2 aromatic rings. The van der Waals surface area contributed by atoms with Gasteiger partial charge < -0.3 is 10.1 Å². The first-order valence-electron chi connectivity index (χ1n) is 10.3. The van der Waals surface area contributed by atoms with Gasteiger partial charge in [-0.3, -0.25) is 4.90 Å². The SMILES string of the molecule is Cc1nc(NCC2CC2)nc2c1COC[C@]21CCN(Cc2ccc(F)cc2)C1. The van der Waals surface area contributed by atoms with Crippen LogP contribution in [0.5, 0.6) is 0 Å². The molecular weight excluding hydrogens is 355 g/mol. The van der Waals surface area contributed by atoms with Crippen molar-refractivity contribution in [2.24, 2.45) is 5.92 Å². The van der Waals surface area contributed by atoms with Crippen molar-refractivity contribution >= 4 is 5.95 Å². The van der Waals surface area contributed by atoms with Gasteiger partial charge in [0, 0.05) is 30.9 Å². The second-order valence-corrected chi connectivity index (χ2v) is 8.64. The van der Waals surface area contributed by atoms with Crippen molar-refractivity contribution in [3.63, 3.8) is 0 Å². The van der Waals surface area contributed by atoms with Crippen LogP contribution in [-0.4, -0.2) is 41.1 Å². The minimum Gasteiger partial charge on any atom is -0.376 e. The van der Waals surface area contributed by atoms with Gasteiger partial charge in [0.2, 0.25) is 5.95 Å². The average Bonchev–Trinajstić information content (AvgIpc) is 3.44. The van der Waals surface area contributed by atoms with Crippen LogP contribution in [0, 0.1) is 18.7 Å². The lowest BCUT2D eigenvalue weighted by atomic mass is 9.80. The highest BCUT2D eigenvalue weighted by Gasteiger charge is 2.45. The molecule has 3 heterocycles. The van der Waals surface area contributed by atoms with E-state index in [0.29, 0.717) is 13.2 Å². The Balaban J connectivity index is 1.37. The predicted molar refractivity (Wildman–Crippen MR) is 106 cm³/mol. The number of halogens is 1. The summed E-state index contributed by atoms with van der Waals surface area (Å²) in [5, 5.41) is 3.45. The van der Waals surface area contributed by atoms with Crippen molar-refractivity contribution in [2.45, 2.75) is 44.8 Å². The number of aromatic nitrogens is 2. The normalized spacial score (nSPS) is 24.5. The third-order valence-electron chi connectivity index (χ3n) is 6.34. The minimum absolute atomic E-state index is 0.0721. The largest absolute Gasteiger partial charge is 0.376 e. The van der Waals surface area contributed by atoms with E-state index in [0.717, 1.165) is 61.3 Å². The molecule has 1 saturated heterocycles. The standard InChI is InChI=1S/C22H27FN4O/c1-15-19-12-28-14-22(20(19)26-21(25-15)24-10-16-2-3-16)8-9-27(13-22)11-17-4-6-18(23)7-5-17/h4-7,16H,2-3,8-14H2,1H3,(H,24,25,26)/t22-/m1/s1. The Kier molecular flexibility index (Phi) is 4.56. The zero-order chi connectivity index (χ0) is 19.1. The van der Waals surface area contributed by atoms with E-state index in [9.17, 15) is 4.39 Å². The molecule has 2 fully saturated rings. The van der Waals surface area contributed by atoms with Gasteiger partial charge in [-0.25, -0.2) is 14.4 Å². The van der Waals surface area contributed by atoms with Crippen LogP contribution >= 0.6 is 0 Å². The summed E-state index contributed by atoms with van der Waals surface area (Å²) in [7, 11) is 0. The molecule has 3 aliphatic rings. The molecule has 1 atom stereocenters. The van der Waals surface area contributed by atoms with Crippen LogP contribution in [0.2, 0.25) is 0 Å². The van der Waals surface area contributed by atoms with E-state index in [-0.39, 0.29) is 11.2 Å². The molecule has 28 heavy (non-hydrogen) atoms. The van der Waals surface area contributed by atoms with Gasteiger partial charge in [-0.2, -0.15) is 0 Å². The van der Waals surface area contributed by atoms with E-state index in [2.05, 4.69) is 22.1 Å². The Bertz CT molecular complexity index is 868. The van der Waals surface area contributed by atoms with Gasteiger partial charge in [0.25, 0.3) is 0 Å². The molecule has 148 valence electrons. The van der Waals surface area contributed by atoms with Crippen LogP contribution in [0.3, 0.4) is 0 Å². The van der Waals surface area contributed by atoms with Crippen LogP contribution in [0.25, 0.3) is 0 Å². The smallest absolute Gasteiger partial charge is 0.223 e. The van der Waals surface area contributed by atoms with Crippen molar-refractivity contribution < 1.29 is 9.13 Å². The van der Waals surface area contributed by atoms with Crippen molar-refractivity contribution in [1.29, 1.82) is 0 Å². The van der Waals surface area contributed by atoms with E-state index in [4.69, 9.17) is 9.72 Å². The number of benzene rings is 1. The molecule has 6 heteroatoms. The first-order chi connectivity index (χ1) is 13.6. The Morgan fingerprint density at radius 2 is 2.07 bits per heavy atom. The van der Waals surface area contributed by atoms with Crippen molar-refractivity contribution in [1.82, 2.24) is 14.9 Å². The monoisotopic (exact) mass is 382 g/mol. The molecule has 2 aliphatic heterocycles. The first-order valence-corrected chi connectivity index (χ1v) is 10.3. The topological polar surface area (TPSA) is 50.3 Å². The van der Waals surface area contributed by atoms with Gasteiger partial charge in [0.15, 0.2) is 0 Å². The molecule has 1 spiro atoms. The molecule has 5 rings (SSSR count). The number of anilines is 1. The van der Waals surface area contributed by atoms with Crippen LogP contribution in [-0.2, 0) is 23.3 Å².